The first-order valence-electron chi connectivity index (χ1n) is 6.44. The summed E-state index contributed by atoms with van der Waals surface area (Å²) in [7, 11) is 0. The van der Waals surface area contributed by atoms with Crippen LogP contribution in [0.15, 0.2) is 52.8 Å². The van der Waals surface area contributed by atoms with E-state index in [4.69, 9.17) is 0 Å². The number of azo groups is 1. The summed E-state index contributed by atoms with van der Waals surface area (Å²) < 4.78 is 14.7. The number of aromatic carboxylic acids is 1. The molecule has 0 aliphatic heterocycles. The largest absolute Gasteiger partial charge is 0.476 e. The van der Waals surface area contributed by atoms with Crippen LogP contribution < -0.4 is 0 Å². The second-order valence-corrected chi connectivity index (χ2v) is 4.65. The molecule has 110 valence electrons. The maximum atomic E-state index is 13.1. The summed E-state index contributed by atoms with van der Waals surface area (Å²) >= 11 is 0. The monoisotopic (exact) mass is 298 g/mol. The molecule has 0 bridgehead atoms. The zero-order chi connectivity index (χ0) is 15.7. The second-order valence-electron chi connectivity index (χ2n) is 4.65. The molecule has 1 aromatic carbocycles. The Morgan fingerprint density at radius 3 is 2.82 bits per heavy atom. The molecule has 6 nitrogen and oxygen atoms in total. The van der Waals surface area contributed by atoms with Crippen molar-refractivity contribution in [3.05, 3.63) is 59.7 Å². The molecule has 2 heterocycles. The van der Waals surface area contributed by atoms with E-state index in [9.17, 15) is 14.3 Å². The Morgan fingerprint density at radius 2 is 2.09 bits per heavy atom. The number of imidazole rings is 1. The van der Waals surface area contributed by atoms with Crippen LogP contribution in [0.5, 0.6) is 0 Å². The van der Waals surface area contributed by atoms with Crippen molar-refractivity contribution in [1.82, 2.24) is 9.38 Å². The number of aryl methyl sites for hydroxylation is 1. The van der Waals surface area contributed by atoms with Gasteiger partial charge in [0.25, 0.3) is 0 Å². The van der Waals surface area contributed by atoms with Gasteiger partial charge in [-0.15, -0.1) is 10.2 Å². The molecule has 0 saturated carbocycles. The first kappa shape index (κ1) is 13.9. The van der Waals surface area contributed by atoms with Crippen molar-refractivity contribution in [2.45, 2.75) is 6.92 Å². The van der Waals surface area contributed by atoms with Crippen LogP contribution in [0.3, 0.4) is 0 Å². The van der Waals surface area contributed by atoms with Gasteiger partial charge in [0.15, 0.2) is 11.5 Å². The van der Waals surface area contributed by atoms with E-state index in [1.165, 1.54) is 18.2 Å². The fourth-order valence-electron chi connectivity index (χ4n) is 2.07. The van der Waals surface area contributed by atoms with Crippen LogP contribution in [0.4, 0.5) is 15.9 Å². The average molecular weight is 298 g/mol. The summed E-state index contributed by atoms with van der Waals surface area (Å²) in [4.78, 5) is 15.4. The summed E-state index contributed by atoms with van der Waals surface area (Å²) in [5, 5.41) is 17.1. The second kappa shape index (κ2) is 5.36. The van der Waals surface area contributed by atoms with E-state index < -0.39 is 11.8 Å². The number of rotatable bonds is 3. The standard InChI is InChI=1S/C15H11FN4O2/c1-9-4-3-7-20-13(9)17-12(15(21)22)14(20)19-18-11-6-2-5-10(16)8-11/h2-8H,1H3,(H,21,22). The lowest BCUT2D eigenvalue weighted by Gasteiger charge is -1.98. The average Bonchev–Trinajstić information content (AvgIpc) is 2.86. The number of hydrogen-bond acceptors (Lipinski definition) is 4. The summed E-state index contributed by atoms with van der Waals surface area (Å²) in [6.45, 7) is 1.82. The van der Waals surface area contributed by atoms with Crippen molar-refractivity contribution in [2.75, 3.05) is 0 Å². The lowest BCUT2D eigenvalue weighted by Crippen LogP contribution is -1.96. The molecule has 0 spiro atoms. The Bertz CT molecular complexity index is 902. The van der Waals surface area contributed by atoms with Gasteiger partial charge in [0.1, 0.15) is 11.5 Å². The first-order chi connectivity index (χ1) is 10.6. The highest BCUT2D eigenvalue weighted by atomic mass is 19.1. The molecule has 0 saturated heterocycles. The molecule has 2 aromatic heterocycles. The number of carboxylic acid groups (broad SMARTS) is 1. The zero-order valence-electron chi connectivity index (χ0n) is 11.6. The number of carboxylic acids is 1. The molecule has 22 heavy (non-hydrogen) atoms. The van der Waals surface area contributed by atoms with E-state index in [1.807, 2.05) is 13.0 Å². The maximum Gasteiger partial charge on any atom is 0.358 e. The van der Waals surface area contributed by atoms with Crippen LogP contribution in [-0.4, -0.2) is 20.5 Å². The van der Waals surface area contributed by atoms with Crippen molar-refractivity contribution in [3.8, 4) is 0 Å². The van der Waals surface area contributed by atoms with Gasteiger partial charge in [-0.25, -0.2) is 14.2 Å². The minimum Gasteiger partial charge on any atom is -0.476 e. The molecule has 0 atom stereocenters. The molecule has 0 aliphatic rings. The third-order valence-corrected chi connectivity index (χ3v) is 3.09. The predicted molar refractivity (Wildman–Crippen MR) is 77.5 cm³/mol. The molecule has 0 radical (unpaired) electrons. The van der Waals surface area contributed by atoms with Gasteiger partial charge in [-0.05, 0) is 30.7 Å². The summed E-state index contributed by atoms with van der Waals surface area (Å²) in [5.41, 5.74) is 1.40. The van der Waals surface area contributed by atoms with Crippen molar-refractivity contribution in [2.24, 2.45) is 10.2 Å². The Hall–Kier alpha value is -3.09. The van der Waals surface area contributed by atoms with E-state index in [1.54, 1.807) is 22.7 Å². The number of pyridine rings is 1. The van der Waals surface area contributed by atoms with Gasteiger partial charge in [-0.1, -0.05) is 12.1 Å². The van der Waals surface area contributed by atoms with Gasteiger partial charge in [-0.3, -0.25) is 4.40 Å². The number of carbonyl (C=O) groups is 1. The van der Waals surface area contributed by atoms with E-state index in [-0.39, 0.29) is 11.5 Å². The van der Waals surface area contributed by atoms with E-state index in [0.717, 1.165) is 5.56 Å². The highest BCUT2D eigenvalue weighted by molar-refractivity contribution is 5.92. The number of aromatic nitrogens is 2. The van der Waals surface area contributed by atoms with Crippen LogP contribution in [0, 0.1) is 12.7 Å². The first-order valence-corrected chi connectivity index (χ1v) is 6.44. The van der Waals surface area contributed by atoms with E-state index >= 15 is 0 Å². The van der Waals surface area contributed by atoms with Crippen molar-refractivity contribution in [1.29, 1.82) is 0 Å². The number of nitrogens with zero attached hydrogens (tertiary/aromatic N) is 4. The predicted octanol–water partition coefficient (Wildman–Crippen LogP) is 3.90. The molecule has 0 fully saturated rings. The molecule has 1 N–H and O–H groups in total. The van der Waals surface area contributed by atoms with Crippen molar-refractivity contribution in [3.63, 3.8) is 0 Å². The molecule has 3 aromatic rings. The minimum absolute atomic E-state index is 0.0930. The Morgan fingerprint density at radius 1 is 1.27 bits per heavy atom. The molecule has 0 amide bonds. The maximum absolute atomic E-state index is 13.1. The number of hydrogen-bond donors (Lipinski definition) is 1. The minimum atomic E-state index is -1.20. The molecular formula is C15H11FN4O2. The van der Waals surface area contributed by atoms with Crippen LogP contribution in [0.2, 0.25) is 0 Å². The molecular weight excluding hydrogens is 287 g/mol. The number of fused-ring (bicyclic) bond motifs is 1. The Labute approximate surface area is 124 Å². The van der Waals surface area contributed by atoms with Gasteiger partial charge >= 0.3 is 5.97 Å². The smallest absolute Gasteiger partial charge is 0.358 e. The molecule has 0 aliphatic carbocycles. The quantitative estimate of drug-likeness (QED) is 0.745. The van der Waals surface area contributed by atoms with Gasteiger partial charge in [0.05, 0.1) is 5.69 Å². The zero-order valence-corrected chi connectivity index (χ0v) is 11.6. The van der Waals surface area contributed by atoms with Gasteiger partial charge in [0, 0.05) is 12.3 Å². The van der Waals surface area contributed by atoms with Gasteiger partial charge < -0.3 is 5.11 Å². The molecule has 3 rings (SSSR count). The topological polar surface area (TPSA) is 79.3 Å². The van der Waals surface area contributed by atoms with Gasteiger partial charge in [-0.2, -0.15) is 0 Å². The fourth-order valence-corrected chi connectivity index (χ4v) is 2.07. The molecule has 7 heteroatoms. The summed E-state index contributed by atoms with van der Waals surface area (Å²) in [5.74, 6) is -1.55. The Balaban J connectivity index is 2.15. The molecule has 0 unspecified atom stereocenters. The third-order valence-electron chi connectivity index (χ3n) is 3.09. The summed E-state index contributed by atoms with van der Waals surface area (Å²) in [6.07, 6.45) is 1.65. The SMILES string of the molecule is Cc1cccn2c(N=Nc3cccc(F)c3)c(C(=O)O)nc12. The normalized spacial score (nSPS) is 11.4. The highest BCUT2D eigenvalue weighted by Gasteiger charge is 2.19. The van der Waals surface area contributed by atoms with Crippen LogP contribution in [0.25, 0.3) is 5.65 Å². The van der Waals surface area contributed by atoms with E-state index in [2.05, 4.69) is 15.2 Å². The van der Waals surface area contributed by atoms with Crippen molar-refractivity contribution >= 4 is 23.1 Å². The van der Waals surface area contributed by atoms with Gasteiger partial charge in [0.2, 0.25) is 0 Å². The third kappa shape index (κ3) is 2.44. The highest BCUT2D eigenvalue weighted by Crippen LogP contribution is 2.25. The van der Waals surface area contributed by atoms with Crippen LogP contribution in [-0.2, 0) is 0 Å². The number of benzene rings is 1. The summed E-state index contributed by atoms with van der Waals surface area (Å²) in [6, 6.07) is 9.15. The number of halogens is 1. The lowest BCUT2D eigenvalue weighted by molar-refractivity contribution is 0.0692. The van der Waals surface area contributed by atoms with E-state index in [0.29, 0.717) is 11.3 Å². The lowest BCUT2D eigenvalue weighted by atomic mass is 10.3. The fraction of sp³-hybridized carbons (Fsp3) is 0.0667. The van der Waals surface area contributed by atoms with Crippen molar-refractivity contribution < 1.29 is 14.3 Å². The van der Waals surface area contributed by atoms with Crippen LogP contribution in [0.1, 0.15) is 16.1 Å². The van der Waals surface area contributed by atoms with Crippen LogP contribution >= 0.6 is 0 Å². The Kier molecular flexibility index (Phi) is 3.38.